The Hall–Kier alpha value is -3.21. The molecule has 39 heavy (non-hydrogen) atoms. The van der Waals surface area contributed by atoms with E-state index in [1.165, 1.54) is 18.2 Å². The molecule has 4 rings (SSSR count). The number of carbonyl (C=O) groups excluding carboxylic acids is 1. The van der Waals surface area contributed by atoms with Crippen molar-refractivity contribution in [1.82, 2.24) is 10.3 Å². The summed E-state index contributed by atoms with van der Waals surface area (Å²) in [6.07, 6.45) is -5.00. The molecule has 1 aromatic heterocycles. The molecule has 3 aromatic rings. The third kappa shape index (κ3) is 6.69. The van der Waals surface area contributed by atoms with Crippen molar-refractivity contribution in [3.63, 3.8) is 0 Å². The Morgan fingerprint density at radius 3 is 2.67 bits per heavy atom. The molecule has 0 unspecified atom stereocenters. The molecule has 11 heteroatoms. The van der Waals surface area contributed by atoms with Crippen LogP contribution in [0.2, 0.25) is 0 Å². The van der Waals surface area contributed by atoms with Gasteiger partial charge in [0.05, 0.1) is 23.2 Å². The van der Waals surface area contributed by atoms with E-state index in [4.69, 9.17) is 4.98 Å². The predicted octanol–water partition coefficient (Wildman–Crippen LogP) is 6.64. The van der Waals surface area contributed by atoms with Crippen LogP contribution in [0.15, 0.2) is 46.9 Å². The third-order valence-corrected chi connectivity index (χ3v) is 7.47. The summed E-state index contributed by atoms with van der Waals surface area (Å²) in [5.41, 5.74) is 0.406. The minimum Gasteiger partial charge on any atom is -0.481 e. The van der Waals surface area contributed by atoms with Gasteiger partial charge in [0.25, 0.3) is 5.91 Å². The van der Waals surface area contributed by atoms with Crippen LogP contribution >= 0.6 is 15.9 Å². The van der Waals surface area contributed by atoms with Gasteiger partial charge < -0.3 is 15.3 Å². The van der Waals surface area contributed by atoms with Gasteiger partial charge in [-0.15, -0.1) is 0 Å². The van der Waals surface area contributed by atoms with Gasteiger partial charge in [-0.05, 0) is 56.0 Å². The third-order valence-electron chi connectivity index (χ3n) is 6.98. The summed E-state index contributed by atoms with van der Waals surface area (Å²) < 4.78 is 56.1. The lowest BCUT2D eigenvalue weighted by Gasteiger charge is -2.32. The van der Waals surface area contributed by atoms with Crippen LogP contribution in [-0.2, 0) is 11.0 Å². The van der Waals surface area contributed by atoms with Crippen LogP contribution in [0.3, 0.4) is 0 Å². The number of hydrogen-bond acceptors (Lipinski definition) is 4. The average molecular weight is 610 g/mol. The fraction of sp³-hybridized carbons (Fsp3) is 0.393. The van der Waals surface area contributed by atoms with Crippen LogP contribution in [0, 0.1) is 6.92 Å². The molecule has 2 atom stereocenters. The number of benzene rings is 2. The molecule has 2 N–H and O–H groups in total. The number of rotatable bonds is 8. The molecule has 1 fully saturated rings. The smallest absolute Gasteiger partial charge is 0.416 e. The Morgan fingerprint density at radius 2 is 1.97 bits per heavy atom. The summed E-state index contributed by atoms with van der Waals surface area (Å²) in [7, 11) is 0. The van der Waals surface area contributed by atoms with Gasteiger partial charge in [0.2, 0.25) is 0 Å². The minimum atomic E-state index is -4.64. The van der Waals surface area contributed by atoms with E-state index in [2.05, 4.69) is 21.2 Å². The molecule has 0 saturated carbocycles. The first-order valence-corrected chi connectivity index (χ1v) is 13.4. The van der Waals surface area contributed by atoms with Crippen LogP contribution in [-0.4, -0.2) is 47.8 Å². The molecule has 1 aliphatic heterocycles. The van der Waals surface area contributed by atoms with E-state index >= 15 is 0 Å². The second kappa shape index (κ2) is 11.9. The number of anilines is 1. The number of carboxylic acid groups (broad SMARTS) is 1. The van der Waals surface area contributed by atoms with Crippen molar-refractivity contribution in [1.29, 1.82) is 0 Å². The lowest BCUT2D eigenvalue weighted by Crippen LogP contribution is -2.38. The summed E-state index contributed by atoms with van der Waals surface area (Å²) in [5, 5.41) is 12.5. The Morgan fingerprint density at radius 1 is 1.23 bits per heavy atom. The van der Waals surface area contributed by atoms with Gasteiger partial charge in [0.15, 0.2) is 0 Å². The van der Waals surface area contributed by atoms with Gasteiger partial charge >= 0.3 is 12.1 Å². The maximum atomic E-state index is 14.2. The molecule has 1 saturated heterocycles. The van der Waals surface area contributed by atoms with E-state index in [0.717, 1.165) is 6.07 Å². The molecular weight excluding hydrogens is 582 g/mol. The Kier molecular flexibility index (Phi) is 8.78. The first-order chi connectivity index (χ1) is 18.5. The summed E-state index contributed by atoms with van der Waals surface area (Å²) in [6.45, 7) is 2.26. The van der Waals surface area contributed by atoms with Gasteiger partial charge in [-0.2, -0.15) is 13.2 Å². The highest BCUT2D eigenvalue weighted by Gasteiger charge is 2.35. The molecule has 1 aliphatic rings. The number of hydrogen-bond donors (Lipinski definition) is 2. The highest BCUT2D eigenvalue weighted by atomic mass is 79.9. The number of fused-ring (bicyclic) bond motifs is 1. The molecule has 0 aliphatic carbocycles. The average Bonchev–Trinajstić information content (AvgIpc) is 2.87. The van der Waals surface area contributed by atoms with Crippen molar-refractivity contribution in [2.24, 2.45) is 0 Å². The lowest BCUT2D eigenvalue weighted by molar-refractivity contribution is -0.138. The molecule has 0 radical (unpaired) electrons. The van der Waals surface area contributed by atoms with Crippen molar-refractivity contribution in [3.05, 3.63) is 69.2 Å². The Balaban J connectivity index is 1.70. The number of halogens is 5. The largest absolute Gasteiger partial charge is 0.481 e. The monoisotopic (exact) mass is 609 g/mol. The second-order valence-corrected chi connectivity index (χ2v) is 10.6. The molecular formula is C28H28BrF4N3O3. The Labute approximate surface area is 231 Å². The molecule has 0 spiro atoms. The van der Waals surface area contributed by atoms with Gasteiger partial charge in [0, 0.05) is 40.9 Å². The summed E-state index contributed by atoms with van der Waals surface area (Å²) in [4.78, 5) is 31.5. The first-order valence-electron chi connectivity index (χ1n) is 12.6. The number of carbonyl (C=O) groups is 2. The molecule has 208 valence electrons. The lowest BCUT2D eigenvalue weighted by atomic mass is 9.89. The summed E-state index contributed by atoms with van der Waals surface area (Å²) in [5.74, 6) is -2.08. The number of pyridine rings is 1. The fourth-order valence-corrected chi connectivity index (χ4v) is 5.48. The molecule has 2 heterocycles. The predicted molar refractivity (Wildman–Crippen MR) is 144 cm³/mol. The number of nitrogens with zero attached hydrogens (tertiary/aromatic N) is 2. The van der Waals surface area contributed by atoms with E-state index in [9.17, 15) is 32.3 Å². The van der Waals surface area contributed by atoms with Gasteiger partial charge in [-0.25, -0.2) is 9.37 Å². The van der Waals surface area contributed by atoms with Crippen molar-refractivity contribution >= 4 is 44.5 Å². The van der Waals surface area contributed by atoms with Crippen molar-refractivity contribution < 1.29 is 32.3 Å². The van der Waals surface area contributed by atoms with E-state index in [1.807, 2.05) is 4.90 Å². The van der Waals surface area contributed by atoms with Crippen molar-refractivity contribution in [3.8, 4) is 0 Å². The standard InChI is InChI=1S/C28H28BrF4N3O3/c1-16-25(21-13-18(29)9-10-23(21)35-26(16)36-12-4-5-19(30)15-36)27(39)34-14-17(8-11-24(37)38)20-6-2-3-7-22(20)28(31,32)33/h2-3,6-7,9-10,13,17,19H,4-5,8,11-12,14-15H2,1H3,(H,34,39)(H,37,38)/t17-,19-/m0/s1. The number of amides is 1. The first kappa shape index (κ1) is 28.8. The maximum absolute atomic E-state index is 14.2. The minimum absolute atomic E-state index is 0.0754. The van der Waals surface area contributed by atoms with E-state index in [0.29, 0.717) is 51.7 Å². The topological polar surface area (TPSA) is 82.5 Å². The van der Waals surface area contributed by atoms with Gasteiger partial charge in [0.1, 0.15) is 12.0 Å². The molecule has 1 amide bonds. The summed E-state index contributed by atoms with van der Waals surface area (Å²) >= 11 is 3.42. The van der Waals surface area contributed by atoms with Crippen LogP contribution in [0.5, 0.6) is 0 Å². The number of alkyl halides is 4. The second-order valence-electron chi connectivity index (χ2n) is 9.71. The molecule has 0 bridgehead atoms. The fourth-order valence-electron chi connectivity index (χ4n) is 5.12. The zero-order chi connectivity index (χ0) is 28.3. The zero-order valence-corrected chi connectivity index (χ0v) is 22.8. The number of aliphatic carboxylic acids is 1. The van der Waals surface area contributed by atoms with E-state index in [1.54, 1.807) is 25.1 Å². The van der Waals surface area contributed by atoms with Crippen molar-refractivity contribution in [2.75, 3.05) is 24.5 Å². The number of carboxylic acids is 1. The molecule has 6 nitrogen and oxygen atoms in total. The zero-order valence-electron chi connectivity index (χ0n) is 21.2. The van der Waals surface area contributed by atoms with Gasteiger partial charge in [-0.1, -0.05) is 34.1 Å². The quantitative estimate of drug-likeness (QED) is 0.280. The SMILES string of the molecule is Cc1c(N2CCC[C@H](F)C2)nc2ccc(Br)cc2c1C(=O)NC[C@H](CCC(=O)O)c1ccccc1C(F)(F)F. The Bertz CT molecular complexity index is 1380. The van der Waals surface area contributed by atoms with Crippen molar-refractivity contribution in [2.45, 2.75) is 50.9 Å². The highest BCUT2D eigenvalue weighted by Crippen LogP contribution is 2.37. The highest BCUT2D eigenvalue weighted by molar-refractivity contribution is 9.10. The number of piperidine rings is 1. The van der Waals surface area contributed by atoms with Crippen LogP contribution in [0.25, 0.3) is 10.9 Å². The normalized spacial score (nSPS) is 16.8. The van der Waals surface area contributed by atoms with Crippen LogP contribution in [0.4, 0.5) is 23.4 Å². The maximum Gasteiger partial charge on any atom is 0.416 e. The molecule has 2 aromatic carbocycles. The number of aromatic nitrogens is 1. The van der Waals surface area contributed by atoms with Crippen LogP contribution < -0.4 is 10.2 Å². The van der Waals surface area contributed by atoms with Crippen LogP contribution in [0.1, 0.15) is 58.6 Å². The summed E-state index contributed by atoms with van der Waals surface area (Å²) in [6, 6.07) is 10.3. The van der Waals surface area contributed by atoms with E-state index in [-0.39, 0.29) is 31.5 Å². The number of nitrogens with one attached hydrogen (secondary N) is 1. The van der Waals surface area contributed by atoms with E-state index < -0.39 is 35.7 Å². The van der Waals surface area contributed by atoms with Gasteiger partial charge in [-0.3, -0.25) is 9.59 Å².